The van der Waals surface area contributed by atoms with E-state index in [-0.39, 0.29) is 4.47 Å². The molecular formula is C12H12BrFO3. The van der Waals surface area contributed by atoms with Crippen LogP contribution in [0, 0.1) is 12.7 Å². The molecule has 1 aromatic rings. The lowest BCUT2D eigenvalue weighted by molar-refractivity contribution is -0.140. The van der Waals surface area contributed by atoms with Crippen LogP contribution in [0.2, 0.25) is 0 Å². The van der Waals surface area contributed by atoms with Gasteiger partial charge in [0.15, 0.2) is 0 Å². The van der Waals surface area contributed by atoms with E-state index in [1.807, 2.05) is 0 Å². The maximum atomic E-state index is 13.7. The van der Waals surface area contributed by atoms with Gasteiger partial charge in [-0.2, -0.15) is 0 Å². The summed E-state index contributed by atoms with van der Waals surface area (Å²) in [5, 5.41) is 9.26. The number of halogens is 2. The smallest absolute Gasteiger partial charge is 0.314 e. The Balaban J connectivity index is 2.66. The zero-order valence-corrected chi connectivity index (χ0v) is 11.1. The highest BCUT2D eigenvalue weighted by molar-refractivity contribution is 9.10. The monoisotopic (exact) mass is 302 g/mol. The van der Waals surface area contributed by atoms with E-state index < -0.39 is 17.2 Å². The molecule has 0 heterocycles. The van der Waals surface area contributed by atoms with Gasteiger partial charge in [-0.3, -0.25) is 4.79 Å². The largest absolute Gasteiger partial charge is 0.496 e. The third-order valence-electron chi connectivity index (χ3n) is 3.27. The molecule has 1 saturated carbocycles. The molecule has 0 spiro atoms. The van der Waals surface area contributed by atoms with E-state index >= 15 is 0 Å². The first-order valence-corrected chi connectivity index (χ1v) is 6.00. The summed E-state index contributed by atoms with van der Waals surface area (Å²) in [6.45, 7) is 1.58. The van der Waals surface area contributed by atoms with Gasteiger partial charge < -0.3 is 9.84 Å². The van der Waals surface area contributed by atoms with Crippen molar-refractivity contribution >= 4 is 21.9 Å². The number of benzene rings is 1. The molecule has 0 saturated heterocycles. The average molecular weight is 303 g/mol. The van der Waals surface area contributed by atoms with Gasteiger partial charge in [-0.05, 0) is 41.8 Å². The van der Waals surface area contributed by atoms with Crippen molar-refractivity contribution in [3.8, 4) is 5.75 Å². The normalized spacial score (nSPS) is 16.7. The molecule has 0 atom stereocenters. The van der Waals surface area contributed by atoms with Gasteiger partial charge in [-0.1, -0.05) is 0 Å². The van der Waals surface area contributed by atoms with E-state index in [1.54, 1.807) is 6.92 Å². The van der Waals surface area contributed by atoms with Crippen LogP contribution >= 0.6 is 15.9 Å². The Morgan fingerprint density at radius 2 is 2.18 bits per heavy atom. The number of carboxylic acids is 1. The van der Waals surface area contributed by atoms with E-state index in [4.69, 9.17) is 4.74 Å². The van der Waals surface area contributed by atoms with Crippen molar-refractivity contribution in [2.24, 2.45) is 0 Å². The topological polar surface area (TPSA) is 46.5 Å². The second-order valence-electron chi connectivity index (χ2n) is 4.27. The molecule has 1 aromatic carbocycles. The van der Waals surface area contributed by atoms with Crippen LogP contribution in [0.4, 0.5) is 4.39 Å². The maximum Gasteiger partial charge on any atom is 0.314 e. The van der Waals surface area contributed by atoms with Crippen molar-refractivity contribution in [2.45, 2.75) is 25.2 Å². The zero-order valence-electron chi connectivity index (χ0n) is 9.51. The Morgan fingerprint density at radius 3 is 2.59 bits per heavy atom. The van der Waals surface area contributed by atoms with Gasteiger partial charge in [0.25, 0.3) is 0 Å². The Bertz CT molecular complexity index is 495. The summed E-state index contributed by atoms with van der Waals surface area (Å²) < 4.78 is 19.1. The highest BCUT2D eigenvalue weighted by Gasteiger charge is 2.53. The van der Waals surface area contributed by atoms with Crippen molar-refractivity contribution in [3.63, 3.8) is 0 Å². The minimum absolute atomic E-state index is 0.276. The number of rotatable bonds is 3. The summed E-state index contributed by atoms with van der Waals surface area (Å²) >= 11 is 3.11. The van der Waals surface area contributed by atoms with Crippen LogP contribution in [0.25, 0.3) is 0 Å². The van der Waals surface area contributed by atoms with Crippen LogP contribution in [-0.4, -0.2) is 18.2 Å². The van der Waals surface area contributed by atoms with Crippen molar-refractivity contribution in [3.05, 3.63) is 27.5 Å². The van der Waals surface area contributed by atoms with Gasteiger partial charge in [0.1, 0.15) is 11.6 Å². The van der Waals surface area contributed by atoms with Crippen molar-refractivity contribution < 1.29 is 19.0 Å². The zero-order chi connectivity index (χ0) is 12.8. The van der Waals surface area contributed by atoms with Crippen LogP contribution in [0.3, 0.4) is 0 Å². The first kappa shape index (κ1) is 12.4. The fourth-order valence-electron chi connectivity index (χ4n) is 2.08. The summed E-state index contributed by atoms with van der Waals surface area (Å²) in [6.07, 6.45) is 1.13. The number of methoxy groups -OCH3 is 1. The first-order valence-electron chi connectivity index (χ1n) is 5.20. The first-order chi connectivity index (χ1) is 7.94. The third kappa shape index (κ3) is 1.73. The Labute approximate surface area is 107 Å². The summed E-state index contributed by atoms with van der Waals surface area (Å²) in [5.74, 6) is -0.953. The summed E-state index contributed by atoms with van der Waals surface area (Å²) in [7, 11) is 1.43. The minimum atomic E-state index is -0.897. The standard InChI is InChI=1S/C12H12BrFO3/c1-6-9(14)8(13)5-7(10(6)17-2)12(3-4-12)11(15)16/h5H,3-4H2,1-2H3,(H,15,16). The van der Waals surface area contributed by atoms with Gasteiger partial charge in [-0.15, -0.1) is 0 Å². The molecule has 3 nitrogen and oxygen atoms in total. The molecule has 2 rings (SSSR count). The molecule has 0 radical (unpaired) electrons. The van der Waals surface area contributed by atoms with Gasteiger partial charge in [0.05, 0.1) is 17.0 Å². The Kier molecular flexibility index (Phi) is 2.89. The van der Waals surface area contributed by atoms with Crippen molar-refractivity contribution in [2.75, 3.05) is 7.11 Å². The molecule has 0 unspecified atom stereocenters. The van der Waals surface area contributed by atoms with Gasteiger partial charge in [0.2, 0.25) is 0 Å². The predicted octanol–water partition coefficient (Wildman–Crippen LogP) is 3.02. The van der Waals surface area contributed by atoms with Crippen LogP contribution in [0.5, 0.6) is 5.75 Å². The maximum absolute atomic E-state index is 13.7. The lowest BCUT2D eigenvalue weighted by Gasteiger charge is -2.18. The van der Waals surface area contributed by atoms with E-state index in [0.29, 0.717) is 29.7 Å². The summed E-state index contributed by atoms with van der Waals surface area (Å²) in [5.41, 5.74) is -0.00514. The van der Waals surface area contributed by atoms with Gasteiger partial charge in [-0.25, -0.2) is 4.39 Å². The Morgan fingerprint density at radius 1 is 1.59 bits per heavy atom. The number of carbonyl (C=O) groups is 1. The number of hydrogen-bond acceptors (Lipinski definition) is 2. The van der Waals surface area contributed by atoms with Gasteiger partial charge in [0, 0.05) is 11.1 Å². The quantitative estimate of drug-likeness (QED) is 0.933. The van der Waals surface area contributed by atoms with E-state index in [9.17, 15) is 14.3 Å². The highest BCUT2D eigenvalue weighted by Crippen LogP contribution is 2.53. The molecular weight excluding hydrogens is 291 g/mol. The second-order valence-corrected chi connectivity index (χ2v) is 5.12. The van der Waals surface area contributed by atoms with E-state index in [0.717, 1.165) is 0 Å². The summed E-state index contributed by atoms with van der Waals surface area (Å²) in [4.78, 5) is 11.3. The molecule has 0 amide bonds. The molecule has 17 heavy (non-hydrogen) atoms. The van der Waals surface area contributed by atoms with E-state index in [2.05, 4.69) is 15.9 Å². The number of ether oxygens (including phenoxy) is 1. The van der Waals surface area contributed by atoms with Crippen LogP contribution in [0.1, 0.15) is 24.0 Å². The molecule has 1 aliphatic carbocycles. The van der Waals surface area contributed by atoms with E-state index in [1.165, 1.54) is 13.2 Å². The third-order valence-corrected chi connectivity index (χ3v) is 3.85. The highest BCUT2D eigenvalue weighted by atomic mass is 79.9. The predicted molar refractivity (Wildman–Crippen MR) is 63.9 cm³/mol. The number of aliphatic carboxylic acids is 1. The SMILES string of the molecule is COc1c(C2(C(=O)O)CC2)cc(Br)c(F)c1C. The molecule has 1 fully saturated rings. The second kappa shape index (κ2) is 3.98. The van der Waals surface area contributed by atoms with Crippen molar-refractivity contribution in [1.82, 2.24) is 0 Å². The Hall–Kier alpha value is -1.10. The molecule has 5 heteroatoms. The lowest BCUT2D eigenvalue weighted by atomic mass is 9.93. The van der Waals surface area contributed by atoms with Gasteiger partial charge >= 0.3 is 5.97 Å². The minimum Gasteiger partial charge on any atom is -0.496 e. The average Bonchev–Trinajstić information content (AvgIpc) is 3.06. The summed E-state index contributed by atoms with van der Waals surface area (Å²) in [6, 6.07) is 1.52. The molecule has 1 aliphatic rings. The van der Waals surface area contributed by atoms with Crippen molar-refractivity contribution in [1.29, 1.82) is 0 Å². The molecule has 1 N–H and O–H groups in total. The fourth-order valence-corrected chi connectivity index (χ4v) is 2.60. The fraction of sp³-hybridized carbons (Fsp3) is 0.417. The molecule has 0 aliphatic heterocycles. The van der Waals surface area contributed by atoms with Crippen LogP contribution < -0.4 is 4.74 Å². The molecule has 92 valence electrons. The number of hydrogen-bond donors (Lipinski definition) is 1. The molecule has 0 bridgehead atoms. The molecule has 0 aromatic heterocycles. The van der Waals surface area contributed by atoms with Crippen LogP contribution in [0.15, 0.2) is 10.5 Å². The van der Waals surface area contributed by atoms with Crippen LogP contribution in [-0.2, 0) is 10.2 Å². The lowest BCUT2D eigenvalue weighted by Crippen LogP contribution is -2.21. The number of carboxylic acid groups (broad SMARTS) is 1.